The van der Waals surface area contributed by atoms with Crippen molar-refractivity contribution in [2.24, 2.45) is 20.0 Å². The number of rotatable bonds is 4. The number of halogens is 1. The highest BCUT2D eigenvalue weighted by molar-refractivity contribution is 5.98. The molecule has 3 aromatic rings. The van der Waals surface area contributed by atoms with Crippen LogP contribution in [0.4, 0.5) is 4.39 Å². The van der Waals surface area contributed by atoms with Gasteiger partial charge in [0.25, 0.3) is 5.91 Å². The van der Waals surface area contributed by atoms with Gasteiger partial charge in [-0.1, -0.05) is 0 Å². The lowest BCUT2D eigenvalue weighted by Crippen LogP contribution is -2.41. The summed E-state index contributed by atoms with van der Waals surface area (Å²) in [5.74, 6) is -0.378. The van der Waals surface area contributed by atoms with Crippen molar-refractivity contribution in [1.29, 1.82) is 0 Å². The fourth-order valence-electron chi connectivity index (χ4n) is 3.73. The van der Waals surface area contributed by atoms with Gasteiger partial charge in [-0.2, -0.15) is 5.10 Å². The minimum Gasteiger partial charge on any atom is -0.393 e. The highest BCUT2D eigenvalue weighted by Crippen LogP contribution is 2.38. The number of aromatic nitrogens is 3. The van der Waals surface area contributed by atoms with Crippen LogP contribution in [0, 0.1) is 11.7 Å². The van der Waals surface area contributed by atoms with Crippen LogP contribution in [0.2, 0.25) is 0 Å². The molecule has 1 saturated carbocycles. The second kappa shape index (κ2) is 6.25. The molecule has 7 heteroatoms. The number of fused-ring (bicyclic) bond motifs is 1. The van der Waals surface area contributed by atoms with Gasteiger partial charge in [0.15, 0.2) is 0 Å². The van der Waals surface area contributed by atoms with E-state index in [2.05, 4.69) is 10.4 Å². The van der Waals surface area contributed by atoms with E-state index in [1.165, 1.54) is 12.1 Å². The molecule has 1 aromatic carbocycles. The smallest absolute Gasteiger partial charge is 0.268 e. The molecule has 0 saturated heterocycles. The first-order valence-corrected chi connectivity index (χ1v) is 8.65. The number of carbonyl (C=O) groups is 1. The molecule has 2 heterocycles. The zero-order chi connectivity index (χ0) is 18.4. The molecule has 6 nitrogen and oxygen atoms in total. The van der Waals surface area contributed by atoms with Crippen LogP contribution in [-0.2, 0) is 14.1 Å². The molecule has 0 spiro atoms. The van der Waals surface area contributed by atoms with E-state index in [0.29, 0.717) is 23.9 Å². The lowest BCUT2D eigenvalue weighted by Gasteiger charge is -2.37. The molecule has 26 heavy (non-hydrogen) atoms. The Labute approximate surface area is 150 Å². The first kappa shape index (κ1) is 16.8. The summed E-state index contributed by atoms with van der Waals surface area (Å²) >= 11 is 0. The number of carbonyl (C=O) groups excluding carboxylic acids is 1. The Hall–Kier alpha value is -2.67. The van der Waals surface area contributed by atoms with Crippen molar-refractivity contribution in [3.63, 3.8) is 0 Å². The van der Waals surface area contributed by atoms with Crippen molar-refractivity contribution in [3.8, 4) is 0 Å². The molecule has 0 radical (unpaired) electrons. The number of amides is 1. The van der Waals surface area contributed by atoms with Gasteiger partial charge in [0, 0.05) is 36.8 Å². The van der Waals surface area contributed by atoms with Crippen molar-refractivity contribution in [2.75, 3.05) is 0 Å². The number of aryl methyl sites for hydroxylation is 2. The number of hydrogen-bond donors (Lipinski definition) is 2. The Balaban J connectivity index is 1.63. The quantitative estimate of drug-likeness (QED) is 0.753. The number of benzene rings is 1. The van der Waals surface area contributed by atoms with Crippen LogP contribution in [0.25, 0.3) is 10.9 Å². The topological polar surface area (TPSA) is 72.1 Å². The molecule has 1 aliphatic rings. The average molecular weight is 356 g/mol. The van der Waals surface area contributed by atoms with Crippen LogP contribution < -0.4 is 5.32 Å². The van der Waals surface area contributed by atoms with Gasteiger partial charge in [-0.15, -0.1) is 0 Å². The Bertz CT molecular complexity index is 971. The van der Waals surface area contributed by atoms with Crippen molar-refractivity contribution in [3.05, 3.63) is 53.7 Å². The van der Waals surface area contributed by atoms with E-state index in [-0.39, 0.29) is 29.8 Å². The average Bonchev–Trinajstić information content (AvgIpc) is 3.13. The third-order valence-corrected chi connectivity index (χ3v) is 5.23. The number of aliphatic hydroxyl groups excluding tert-OH is 1. The lowest BCUT2D eigenvalue weighted by molar-refractivity contribution is 0.0234. The number of aliphatic hydroxyl groups is 1. The van der Waals surface area contributed by atoms with E-state index < -0.39 is 0 Å². The first-order chi connectivity index (χ1) is 12.4. The van der Waals surface area contributed by atoms with Crippen molar-refractivity contribution >= 4 is 16.8 Å². The first-order valence-electron chi connectivity index (χ1n) is 8.65. The summed E-state index contributed by atoms with van der Waals surface area (Å²) < 4.78 is 16.9. The molecular weight excluding hydrogens is 335 g/mol. The minimum atomic E-state index is -0.327. The normalized spacial score (nSPS) is 20.8. The monoisotopic (exact) mass is 356 g/mol. The molecule has 2 N–H and O–H groups in total. The van der Waals surface area contributed by atoms with Gasteiger partial charge in [-0.25, -0.2) is 4.39 Å². The van der Waals surface area contributed by atoms with Crippen LogP contribution in [0.15, 0.2) is 36.7 Å². The summed E-state index contributed by atoms with van der Waals surface area (Å²) in [6.45, 7) is 0. The van der Waals surface area contributed by atoms with Crippen LogP contribution in [0.1, 0.15) is 34.9 Å². The van der Waals surface area contributed by atoms with E-state index >= 15 is 0 Å². The van der Waals surface area contributed by atoms with Gasteiger partial charge in [0.05, 0.1) is 18.3 Å². The highest BCUT2D eigenvalue weighted by atomic mass is 19.1. The van der Waals surface area contributed by atoms with E-state index in [9.17, 15) is 14.3 Å². The van der Waals surface area contributed by atoms with Crippen LogP contribution in [0.3, 0.4) is 0 Å². The molecule has 1 fully saturated rings. The maximum atomic E-state index is 13.5. The Morgan fingerprint density at radius 2 is 2.12 bits per heavy atom. The predicted octanol–water partition coefficient (Wildman–Crippen LogP) is 2.29. The van der Waals surface area contributed by atoms with E-state index in [4.69, 9.17) is 0 Å². The largest absolute Gasteiger partial charge is 0.393 e. The number of nitrogens with zero attached hydrogens (tertiary/aromatic N) is 3. The van der Waals surface area contributed by atoms with E-state index in [1.54, 1.807) is 34.6 Å². The van der Waals surface area contributed by atoms with Gasteiger partial charge in [0.2, 0.25) is 0 Å². The molecule has 2 aromatic heterocycles. The van der Waals surface area contributed by atoms with E-state index in [1.807, 2.05) is 13.2 Å². The SMILES string of the molecule is Cn1cc([C@@H](NC(=O)c2cc3cc(F)ccc3n2C)C2CC(O)C2)cn1. The summed E-state index contributed by atoms with van der Waals surface area (Å²) in [5.41, 5.74) is 2.19. The minimum absolute atomic E-state index is 0.172. The van der Waals surface area contributed by atoms with Crippen LogP contribution in [0.5, 0.6) is 0 Å². The van der Waals surface area contributed by atoms with Crippen LogP contribution >= 0.6 is 0 Å². The summed E-state index contributed by atoms with van der Waals surface area (Å²) in [4.78, 5) is 12.9. The molecular formula is C19H21FN4O2. The Morgan fingerprint density at radius 3 is 2.77 bits per heavy atom. The molecule has 4 rings (SSSR count). The maximum absolute atomic E-state index is 13.5. The maximum Gasteiger partial charge on any atom is 0.268 e. The lowest BCUT2D eigenvalue weighted by atomic mass is 9.75. The number of nitrogens with one attached hydrogen (secondary N) is 1. The van der Waals surface area contributed by atoms with Crippen molar-refractivity contribution in [2.45, 2.75) is 25.0 Å². The highest BCUT2D eigenvalue weighted by Gasteiger charge is 2.36. The number of hydrogen-bond acceptors (Lipinski definition) is 3. The Kier molecular flexibility index (Phi) is 4.03. The summed E-state index contributed by atoms with van der Waals surface area (Å²) in [7, 11) is 3.62. The third kappa shape index (κ3) is 2.88. The summed E-state index contributed by atoms with van der Waals surface area (Å²) in [5, 5.41) is 17.6. The molecule has 0 unspecified atom stereocenters. The third-order valence-electron chi connectivity index (χ3n) is 5.23. The molecule has 1 aliphatic carbocycles. The van der Waals surface area contributed by atoms with Gasteiger partial charge >= 0.3 is 0 Å². The fourth-order valence-corrected chi connectivity index (χ4v) is 3.73. The van der Waals surface area contributed by atoms with Gasteiger partial charge in [0.1, 0.15) is 11.5 Å². The van der Waals surface area contributed by atoms with E-state index in [0.717, 1.165) is 11.1 Å². The second-order valence-electron chi connectivity index (χ2n) is 7.08. The second-order valence-corrected chi connectivity index (χ2v) is 7.08. The van der Waals surface area contributed by atoms with Crippen molar-refractivity contribution < 1.29 is 14.3 Å². The summed E-state index contributed by atoms with van der Waals surface area (Å²) in [6.07, 6.45) is 4.62. The van der Waals surface area contributed by atoms with Gasteiger partial charge in [-0.3, -0.25) is 9.48 Å². The zero-order valence-corrected chi connectivity index (χ0v) is 14.7. The predicted molar refractivity (Wildman–Crippen MR) is 95.0 cm³/mol. The molecule has 0 bridgehead atoms. The molecule has 1 amide bonds. The standard InChI is InChI=1S/C19H21FN4O2/c1-23-10-13(9-21-23)18(12-6-15(25)7-12)22-19(26)17-8-11-5-14(20)3-4-16(11)24(17)2/h3-5,8-10,12,15,18,25H,6-7H2,1-2H3,(H,22,26)/t12?,15?,18-/m0/s1. The molecule has 0 aliphatic heterocycles. The Morgan fingerprint density at radius 1 is 1.35 bits per heavy atom. The molecule has 1 atom stereocenters. The molecule has 136 valence electrons. The fraction of sp³-hybridized carbons (Fsp3) is 0.368. The summed E-state index contributed by atoms with van der Waals surface area (Å²) in [6, 6.07) is 5.96. The zero-order valence-electron chi connectivity index (χ0n) is 14.7. The van der Waals surface area contributed by atoms with Crippen molar-refractivity contribution in [1.82, 2.24) is 19.7 Å². The van der Waals surface area contributed by atoms with Gasteiger partial charge < -0.3 is 15.0 Å². The van der Waals surface area contributed by atoms with Gasteiger partial charge in [-0.05, 0) is 43.0 Å². The van der Waals surface area contributed by atoms with Crippen LogP contribution in [-0.4, -0.2) is 31.5 Å².